The lowest BCUT2D eigenvalue weighted by molar-refractivity contribution is 0.154. The Labute approximate surface area is 121 Å². The summed E-state index contributed by atoms with van der Waals surface area (Å²) in [5, 5.41) is 4.38. The molecule has 0 unspecified atom stereocenters. The fourth-order valence-corrected chi connectivity index (χ4v) is 2.51. The number of hydrogen-bond donors (Lipinski definition) is 1. The van der Waals surface area contributed by atoms with Gasteiger partial charge in [0.15, 0.2) is 0 Å². The van der Waals surface area contributed by atoms with Gasteiger partial charge in [0.2, 0.25) is 0 Å². The average molecular weight is 282 g/mol. The molecule has 0 amide bonds. The van der Waals surface area contributed by atoms with Crippen LogP contribution in [0.25, 0.3) is 0 Å². The quantitative estimate of drug-likeness (QED) is 0.893. The number of piperazine rings is 1. The van der Waals surface area contributed by atoms with Gasteiger partial charge < -0.3 is 10.2 Å². The minimum Gasteiger partial charge on any atom is -0.309 e. The molecule has 0 aliphatic carbocycles. The summed E-state index contributed by atoms with van der Waals surface area (Å²) in [5.41, 5.74) is 1.29. The highest BCUT2D eigenvalue weighted by molar-refractivity contribution is 6.30. The minimum atomic E-state index is 0.379. The van der Waals surface area contributed by atoms with Crippen LogP contribution < -0.4 is 5.32 Å². The van der Waals surface area contributed by atoms with Crippen LogP contribution in [0.2, 0.25) is 5.02 Å². The van der Waals surface area contributed by atoms with Crippen molar-refractivity contribution in [3.8, 4) is 0 Å². The van der Waals surface area contributed by atoms with Crippen molar-refractivity contribution in [2.24, 2.45) is 0 Å². The average Bonchev–Trinajstić information content (AvgIpc) is 2.41. The van der Waals surface area contributed by atoms with Crippen LogP contribution in [0, 0.1) is 0 Å². The van der Waals surface area contributed by atoms with E-state index in [2.05, 4.69) is 41.2 Å². The molecule has 0 saturated carbocycles. The number of halogens is 1. The van der Waals surface area contributed by atoms with Gasteiger partial charge in [0.25, 0.3) is 0 Å². The maximum absolute atomic E-state index is 5.90. The molecule has 1 saturated heterocycles. The predicted molar refractivity (Wildman–Crippen MR) is 81.8 cm³/mol. The number of benzene rings is 1. The van der Waals surface area contributed by atoms with Gasteiger partial charge in [0.05, 0.1) is 0 Å². The minimum absolute atomic E-state index is 0.379. The summed E-state index contributed by atoms with van der Waals surface area (Å²) >= 11 is 5.90. The number of hydrogen-bond acceptors (Lipinski definition) is 3. The van der Waals surface area contributed by atoms with Crippen molar-refractivity contribution < 1.29 is 0 Å². The number of nitrogens with one attached hydrogen (secondary N) is 1. The van der Waals surface area contributed by atoms with Crippen LogP contribution in [0.4, 0.5) is 0 Å². The van der Waals surface area contributed by atoms with E-state index in [0.29, 0.717) is 6.04 Å². The van der Waals surface area contributed by atoms with Gasteiger partial charge in [0.1, 0.15) is 0 Å². The van der Waals surface area contributed by atoms with E-state index < -0.39 is 0 Å². The van der Waals surface area contributed by atoms with E-state index >= 15 is 0 Å². The third-order valence-corrected chi connectivity index (χ3v) is 4.10. The molecule has 19 heavy (non-hydrogen) atoms. The number of rotatable bonds is 5. The summed E-state index contributed by atoms with van der Waals surface area (Å²) in [5.74, 6) is 0. The molecule has 1 aromatic rings. The number of likely N-dealkylation sites (N-methyl/N-ethyl adjacent to an activating group) is 1. The predicted octanol–water partition coefficient (Wildman–Crippen LogP) is 2.24. The highest BCUT2D eigenvalue weighted by atomic mass is 35.5. The van der Waals surface area contributed by atoms with Crippen LogP contribution in [0.5, 0.6) is 0 Å². The molecule has 1 aliphatic rings. The zero-order valence-corrected chi connectivity index (χ0v) is 12.7. The Bertz CT molecular complexity index is 371. The second-order valence-corrected chi connectivity index (χ2v) is 5.81. The van der Waals surface area contributed by atoms with Crippen molar-refractivity contribution in [1.29, 1.82) is 0 Å². The molecule has 0 radical (unpaired) electrons. The van der Waals surface area contributed by atoms with Gasteiger partial charge in [-0.05, 0) is 31.7 Å². The molecule has 1 aliphatic heterocycles. The summed E-state index contributed by atoms with van der Waals surface area (Å²) in [6.45, 7) is 9.12. The normalized spacial score (nSPS) is 19.5. The van der Waals surface area contributed by atoms with Gasteiger partial charge in [-0.1, -0.05) is 23.7 Å². The smallest absolute Gasteiger partial charge is 0.0406 e. The summed E-state index contributed by atoms with van der Waals surface area (Å²) in [4.78, 5) is 4.92. The largest absolute Gasteiger partial charge is 0.309 e. The first-order valence-electron chi connectivity index (χ1n) is 7.05. The van der Waals surface area contributed by atoms with Crippen molar-refractivity contribution in [1.82, 2.24) is 15.1 Å². The molecule has 1 N–H and O–H groups in total. The molecule has 1 atom stereocenters. The van der Waals surface area contributed by atoms with E-state index in [9.17, 15) is 0 Å². The van der Waals surface area contributed by atoms with Crippen LogP contribution >= 0.6 is 11.6 Å². The molecular formula is C15H24ClN3. The van der Waals surface area contributed by atoms with Gasteiger partial charge in [0, 0.05) is 50.3 Å². The van der Waals surface area contributed by atoms with E-state index in [0.717, 1.165) is 18.1 Å². The number of nitrogens with zero attached hydrogens (tertiary/aromatic N) is 2. The zero-order valence-electron chi connectivity index (χ0n) is 11.9. The Kier molecular flexibility index (Phi) is 5.64. The standard InChI is InChI=1S/C15H24ClN3/c1-13(14-3-5-15(16)6-4-14)17-7-8-19-11-9-18(2)10-12-19/h3-6,13,17H,7-12H2,1-2H3/t13-/m0/s1. The first kappa shape index (κ1) is 14.8. The third-order valence-electron chi connectivity index (χ3n) is 3.84. The SMILES string of the molecule is C[C@H](NCCN1CCN(C)CC1)c1ccc(Cl)cc1. The fourth-order valence-electron chi connectivity index (χ4n) is 2.38. The summed E-state index contributed by atoms with van der Waals surface area (Å²) < 4.78 is 0. The van der Waals surface area contributed by atoms with Crippen LogP contribution in [0.3, 0.4) is 0 Å². The summed E-state index contributed by atoms with van der Waals surface area (Å²) in [7, 11) is 2.19. The molecule has 106 valence electrons. The molecule has 1 aromatic carbocycles. The van der Waals surface area contributed by atoms with Crippen molar-refractivity contribution in [2.45, 2.75) is 13.0 Å². The maximum atomic E-state index is 5.90. The van der Waals surface area contributed by atoms with E-state index in [-0.39, 0.29) is 0 Å². The second-order valence-electron chi connectivity index (χ2n) is 5.37. The first-order chi connectivity index (χ1) is 9.15. The van der Waals surface area contributed by atoms with Crippen molar-refractivity contribution in [3.63, 3.8) is 0 Å². The van der Waals surface area contributed by atoms with E-state index in [1.54, 1.807) is 0 Å². The highest BCUT2D eigenvalue weighted by Crippen LogP contribution is 2.15. The fraction of sp³-hybridized carbons (Fsp3) is 0.600. The highest BCUT2D eigenvalue weighted by Gasteiger charge is 2.13. The molecule has 0 bridgehead atoms. The van der Waals surface area contributed by atoms with Crippen molar-refractivity contribution in [3.05, 3.63) is 34.9 Å². The van der Waals surface area contributed by atoms with Gasteiger partial charge in [-0.3, -0.25) is 4.90 Å². The van der Waals surface area contributed by atoms with E-state index in [1.807, 2.05) is 12.1 Å². The molecule has 0 aromatic heterocycles. The second kappa shape index (κ2) is 7.25. The van der Waals surface area contributed by atoms with Crippen LogP contribution in [0.1, 0.15) is 18.5 Å². The molecule has 1 fully saturated rings. The Morgan fingerprint density at radius 2 is 1.79 bits per heavy atom. The lowest BCUT2D eigenvalue weighted by Gasteiger charge is -2.32. The summed E-state index contributed by atoms with van der Waals surface area (Å²) in [6.07, 6.45) is 0. The van der Waals surface area contributed by atoms with Gasteiger partial charge >= 0.3 is 0 Å². The molecule has 4 heteroatoms. The Balaban J connectivity index is 1.69. The monoisotopic (exact) mass is 281 g/mol. The Morgan fingerprint density at radius 1 is 1.16 bits per heavy atom. The molecule has 2 rings (SSSR count). The molecule has 1 heterocycles. The van der Waals surface area contributed by atoms with Crippen LogP contribution in [-0.4, -0.2) is 56.1 Å². The van der Waals surface area contributed by atoms with E-state index in [4.69, 9.17) is 11.6 Å². The molecule has 3 nitrogen and oxygen atoms in total. The topological polar surface area (TPSA) is 18.5 Å². The lowest BCUT2D eigenvalue weighted by atomic mass is 10.1. The van der Waals surface area contributed by atoms with Crippen LogP contribution in [0.15, 0.2) is 24.3 Å². The van der Waals surface area contributed by atoms with Crippen molar-refractivity contribution >= 4 is 11.6 Å². The molecule has 0 spiro atoms. The first-order valence-corrected chi connectivity index (χ1v) is 7.42. The van der Waals surface area contributed by atoms with Crippen LogP contribution in [-0.2, 0) is 0 Å². The Hall–Kier alpha value is -0.610. The van der Waals surface area contributed by atoms with E-state index in [1.165, 1.54) is 31.7 Å². The lowest BCUT2D eigenvalue weighted by Crippen LogP contribution is -2.46. The van der Waals surface area contributed by atoms with Crippen molar-refractivity contribution in [2.75, 3.05) is 46.3 Å². The molecular weight excluding hydrogens is 258 g/mol. The summed E-state index contributed by atoms with van der Waals surface area (Å²) in [6, 6.07) is 8.47. The zero-order chi connectivity index (χ0) is 13.7. The Morgan fingerprint density at radius 3 is 2.42 bits per heavy atom. The van der Waals surface area contributed by atoms with Gasteiger partial charge in [-0.25, -0.2) is 0 Å². The third kappa shape index (κ3) is 4.77. The van der Waals surface area contributed by atoms with Gasteiger partial charge in [-0.15, -0.1) is 0 Å². The maximum Gasteiger partial charge on any atom is 0.0406 e. The van der Waals surface area contributed by atoms with Gasteiger partial charge in [-0.2, -0.15) is 0 Å².